The van der Waals surface area contributed by atoms with Gasteiger partial charge in [0.15, 0.2) is 11.7 Å². The Bertz CT molecular complexity index is 450. The summed E-state index contributed by atoms with van der Waals surface area (Å²) >= 11 is 0. The summed E-state index contributed by atoms with van der Waals surface area (Å²) < 4.78 is 2.25. The molecule has 72 valence electrons. The lowest BCUT2D eigenvalue weighted by Crippen LogP contribution is -2.50. The number of para-hydroxylation sites is 2. The van der Waals surface area contributed by atoms with E-state index < -0.39 is 0 Å². The predicted octanol–water partition coefficient (Wildman–Crippen LogP) is 2.28. The fourth-order valence-corrected chi connectivity index (χ4v) is 1.62. The monoisotopic (exact) mass is 187 g/mol. The van der Waals surface area contributed by atoms with Gasteiger partial charge in [0.2, 0.25) is 5.52 Å². The normalized spacial score (nSPS) is 11.9. The van der Waals surface area contributed by atoms with E-state index >= 15 is 0 Å². The number of nitrogens with zero attached hydrogens (tertiary/aromatic N) is 2. The van der Waals surface area contributed by atoms with Gasteiger partial charge < -0.3 is 0 Å². The molecule has 0 radical (unpaired) electrons. The number of fused-ring (bicyclic) bond motifs is 1. The van der Waals surface area contributed by atoms with E-state index in [9.17, 15) is 0 Å². The van der Waals surface area contributed by atoms with E-state index in [0.29, 0.717) is 0 Å². The minimum absolute atomic E-state index is 0.0997. The molecule has 0 aliphatic heterocycles. The van der Waals surface area contributed by atoms with Crippen molar-refractivity contribution in [2.75, 3.05) is 0 Å². The molecule has 0 spiro atoms. The lowest BCUT2D eigenvalue weighted by molar-refractivity contribution is -0.730. The highest BCUT2D eigenvalue weighted by Crippen LogP contribution is 2.10. The fraction of sp³-hybridized carbons (Fsp3) is 0.333. The molecule has 2 aromatic rings. The zero-order valence-electron chi connectivity index (χ0n) is 8.86. The van der Waals surface area contributed by atoms with Crippen LogP contribution in [0.25, 0.3) is 11.0 Å². The van der Waals surface area contributed by atoms with Gasteiger partial charge in [0, 0.05) is 26.8 Å². The second kappa shape index (κ2) is 3.05. The van der Waals surface area contributed by atoms with Crippen LogP contribution in [0.2, 0.25) is 0 Å². The summed E-state index contributed by atoms with van der Waals surface area (Å²) in [5, 5.41) is 0. The zero-order valence-corrected chi connectivity index (χ0v) is 8.86. The van der Waals surface area contributed by atoms with Crippen LogP contribution >= 0.6 is 0 Å². The molecule has 0 fully saturated rings. The molecule has 1 heterocycles. The Labute approximate surface area is 84.2 Å². The molecular weight excluding hydrogens is 172 g/mol. The fourth-order valence-electron chi connectivity index (χ4n) is 1.62. The van der Waals surface area contributed by atoms with Crippen molar-refractivity contribution in [1.29, 1.82) is 0 Å². The molecule has 0 aliphatic rings. The van der Waals surface area contributed by atoms with Gasteiger partial charge in [0.25, 0.3) is 0 Å². The van der Waals surface area contributed by atoms with E-state index in [1.54, 1.807) is 0 Å². The average Bonchev–Trinajstić information content (AvgIpc) is 2.15. The van der Waals surface area contributed by atoms with Gasteiger partial charge >= 0.3 is 0 Å². The Hall–Kier alpha value is -1.44. The molecule has 0 atom stereocenters. The van der Waals surface area contributed by atoms with Crippen molar-refractivity contribution in [3.63, 3.8) is 0 Å². The molecule has 0 bridgehead atoms. The average molecular weight is 187 g/mol. The van der Waals surface area contributed by atoms with E-state index in [0.717, 1.165) is 5.52 Å². The molecule has 2 heteroatoms. The maximum Gasteiger partial charge on any atom is 0.231 e. The molecule has 0 N–H and O–H groups in total. The summed E-state index contributed by atoms with van der Waals surface area (Å²) in [6, 6.07) is 8.21. The summed E-state index contributed by atoms with van der Waals surface area (Å²) in [6.45, 7) is 6.58. The van der Waals surface area contributed by atoms with Crippen LogP contribution in [-0.2, 0) is 5.54 Å². The Balaban J connectivity index is 2.78. The van der Waals surface area contributed by atoms with Crippen molar-refractivity contribution in [2.24, 2.45) is 0 Å². The molecular formula is C12H15N2+. The van der Waals surface area contributed by atoms with Crippen molar-refractivity contribution < 1.29 is 4.57 Å². The predicted molar refractivity (Wildman–Crippen MR) is 56.9 cm³/mol. The lowest BCUT2D eigenvalue weighted by atomic mass is 10.1. The molecule has 1 aromatic heterocycles. The van der Waals surface area contributed by atoms with Crippen molar-refractivity contribution in [3.8, 4) is 0 Å². The number of hydrogen-bond donors (Lipinski definition) is 0. The van der Waals surface area contributed by atoms with Crippen molar-refractivity contribution >= 4 is 11.0 Å². The van der Waals surface area contributed by atoms with Crippen LogP contribution < -0.4 is 4.57 Å². The van der Waals surface area contributed by atoms with Crippen molar-refractivity contribution in [3.05, 3.63) is 36.7 Å². The summed E-state index contributed by atoms with van der Waals surface area (Å²) in [7, 11) is 0. The largest absolute Gasteiger partial charge is 0.244 e. The number of aromatic nitrogens is 2. The zero-order chi connectivity index (χ0) is 10.2. The summed E-state index contributed by atoms with van der Waals surface area (Å²) in [6.07, 6.45) is 3.88. The van der Waals surface area contributed by atoms with Crippen LogP contribution in [0.3, 0.4) is 0 Å². The van der Waals surface area contributed by atoms with Crippen LogP contribution in [0.5, 0.6) is 0 Å². The van der Waals surface area contributed by atoms with Crippen molar-refractivity contribution in [1.82, 2.24) is 4.98 Å². The van der Waals surface area contributed by atoms with E-state index in [1.165, 1.54) is 5.52 Å². The minimum Gasteiger partial charge on any atom is -0.244 e. The third kappa shape index (κ3) is 1.48. The summed E-state index contributed by atoms with van der Waals surface area (Å²) in [5.74, 6) is 0. The van der Waals surface area contributed by atoms with Crippen LogP contribution in [-0.4, -0.2) is 4.98 Å². The molecule has 0 saturated heterocycles. The van der Waals surface area contributed by atoms with E-state index in [1.807, 2.05) is 30.6 Å². The van der Waals surface area contributed by atoms with Gasteiger partial charge in [-0.3, -0.25) is 0 Å². The standard InChI is InChI=1S/C12H15N2/c1-12(2,3)14-9-8-13-10-6-4-5-7-11(10)14/h4-9H,1-3H3/q+1. The summed E-state index contributed by atoms with van der Waals surface area (Å²) in [5.41, 5.74) is 2.33. The highest BCUT2D eigenvalue weighted by Gasteiger charge is 2.23. The van der Waals surface area contributed by atoms with E-state index in [-0.39, 0.29) is 5.54 Å². The quantitative estimate of drug-likeness (QED) is 0.578. The van der Waals surface area contributed by atoms with Crippen LogP contribution in [0.1, 0.15) is 20.8 Å². The SMILES string of the molecule is CC(C)(C)[n+]1ccnc2ccccc21. The van der Waals surface area contributed by atoms with Gasteiger partial charge in [-0.2, -0.15) is 4.57 Å². The lowest BCUT2D eigenvalue weighted by Gasteiger charge is -2.14. The van der Waals surface area contributed by atoms with Gasteiger partial charge in [-0.1, -0.05) is 12.1 Å². The topological polar surface area (TPSA) is 16.8 Å². The number of rotatable bonds is 0. The van der Waals surface area contributed by atoms with Gasteiger partial charge in [0.05, 0.1) is 6.20 Å². The first kappa shape index (κ1) is 9.13. The molecule has 0 saturated carbocycles. The van der Waals surface area contributed by atoms with Gasteiger partial charge in [-0.15, -0.1) is 0 Å². The second-order valence-corrected chi connectivity index (χ2v) is 4.46. The Morgan fingerprint density at radius 2 is 1.86 bits per heavy atom. The van der Waals surface area contributed by atoms with E-state index in [4.69, 9.17) is 0 Å². The minimum atomic E-state index is 0.0997. The third-order valence-corrected chi connectivity index (χ3v) is 2.29. The maximum absolute atomic E-state index is 4.33. The van der Waals surface area contributed by atoms with Crippen LogP contribution in [0, 0.1) is 0 Å². The van der Waals surface area contributed by atoms with Crippen LogP contribution in [0.15, 0.2) is 36.7 Å². The molecule has 14 heavy (non-hydrogen) atoms. The highest BCUT2D eigenvalue weighted by molar-refractivity contribution is 5.70. The Morgan fingerprint density at radius 3 is 2.57 bits per heavy atom. The Kier molecular flexibility index (Phi) is 1.99. The first-order chi connectivity index (χ1) is 6.59. The smallest absolute Gasteiger partial charge is 0.231 e. The second-order valence-electron chi connectivity index (χ2n) is 4.46. The molecule has 0 amide bonds. The number of hydrogen-bond acceptors (Lipinski definition) is 1. The molecule has 2 nitrogen and oxygen atoms in total. The first-order valence-electron chi connectivity index (χ1n) is 4.85. The third-order valence-electron chi connectivity index (χ3n) is 2.29. The van der Waals surface area contributed by atoms with E-state index in [2.05, 4.69) is 36.4 Å². The molecule has 0 unspecified atom stereocenters. The van der Waals surface area contributed by atoms with Gasteiger partial charge in [0.1, 0.15) is 5.52 Å². The number of benzene rings is 1. The summed E-state index contributed by atoms with van der Waals surface area (Å²) in [4.78, 5) is 4.33. The highest BCUT2D eigenvalue weighted by atomic mass is 15.0. The van der Waals surface area contributed by atoms with Gasteiger partial charge in [-0.25, -0.2) is 4.98 Å². The Morgan fingerprint density at radius 1 is 1.14 bits per heavy atom. The molecule has 1 aromatic carbocycles. The van der Waals surface area contributed by atoms with Gasteiger partial charge in [-0.05, 0) is 6.07 Å². The van der Waals surface area contributed by atoms with Crippen LogP contribution in [0.4, 0.5) is 0 Å². The molecule has 0 aliphatic carbocycles. The maximum atomic E-state index is 4.33. The molecule has 2 rings (SSSR count). The first-order valence-corrected chi connectivity index (χ1v) is 4.85. The van der Waals surface area contributed by atoms with Crippen molar-refractivity contribution in [2.45, 2.75) is 26.3 Å².